The van der Waals surface area contributed by atoms with Crippen LogP contribution in [0.3, 0.4) is 0 Å². The second kappa shape index (κ2) is 12.3. The second-order valence-corrected chi connectivity index (χ2v) is 13.7. The number of thiocarbonyl (C=S) groups is 1. The Morgan fingerprint density at radius 2 is 1.84 bits per heavy atom. The lowest BCUT2D eigenvalue weighted by Gasteiger charge is -2.39. The average molecular weight is 627 g/mol. The predicted octanol–water partition coefficient (Wildman–Crippen LogP) is 6.31. The number of thioether (sulfide) groups is 1. The first-order chi connectivity index (χ1) is 21.4. The van der Waals surface area contributed by atoms with Crippen LogP contribution >= 0.6 is 24.0 Å². The maximum Gasteiger partial charge on any atom is 0.258 e. The van der Waals surface area contributed by atoms with Crippen LogP contribution in [-0.4, -0.2) is 63.8 Å². The van der Waals surface area contributed by atoms with Gasteiger partial charge in [-0.2, -0.15) is 0 Å². The van der Waals surface area contributed by atoms with Gasteiger partial charge in [-0.25, -0.2) is 4.98 Å². The molecule has 2 aromatic heterocycles. The third kappa shape index (κ3) is 5.97. The molecule has 0 amide bonds. The molecule has 2 aliphatic heterocycles. The summed E-state index contributed by atoms with van der Waals surface area (Å²) in [5.41, 5.74) is 5.88. The van der Waals surface area contributed by atoms with Crippen LogP contribution in [0.25, 0.3) is 16.5 Å². The Morgan fingerprint density at radius 1 is 1.07 bits per heavy atom. The summed E-state index contributed by atoms with van der Waals surface area (Å²) in [6.07, 6.45) is 6.73. The number of aryl methyl sites for hydroxylation is 2. The monoisotopic (exact) mass is 626 g/mol. The lowest BCUT2D eigenvalue weighted by molar-refractivity contribution is 0.434. The molecule has 0 spiro atoms. The maximum atomic E-state index is 13.8. The predicted molar refractivity (Wildman–Crippen MR) is 186 cm³/mol. The van der Waals surface area contributed by atoms with Crippen LogP contribution in [-0.2, 0) is 6.54 Å². The first-order valence-electron chi connectivity index (χ1n) is 15.5. The Labute approximate surface area is 267 Å². The van der Waals surface area contributed by atoms with E-state index in [1.807, 2.05) is 16.8 Å². The molecular weight excluding hydrogens is 589 g/mol. The third-order valence-corrected chi connectivity index (χ3v) is 10.4. The van der Waals surface area contributed by atoms with E-state index in [0.717, 1.165) is 91.3 Å². The summed E-state index contributed by atoms with van der Waals surface area (Å²) in [5.74, 6) is 2.26. The fraction of sp³-hybridized carbons (Fsp3) is 0.382. The van der Waals surface area contributed by atoms with Crippen molar-refractivity contribution in [3.63, 3.8) is 0 Å². The van der Waals surface area contributed by atoms with E-state index in [4.69, 9.17) is 21.6 Å². The Balaban J connectivity index is 1.16. The number of para-hydroxylation sites is 1. The Kier molecular flexibility index (Phi) is 8.12. The van der Waals surface area contributed by atoms with Gasteiger partial charge in [0.25, 0.3) is 5.56 Å². The molecular formula is C34H38N6O2S2. The van der Waals surface area contributed by atoms with Gasteiger partial charge in [0.15, 0.2) is 5.89 Å². The molecule has 4 heterocycles. The van der Waals surface area contributed by atoms with Gasteiger partial charge in [0.2, 0.25) is 0 Å². The summed E-state index contributed by atoms with van der Waals surface area (Å²) in [6.45, 7) is 12.6. The number of hydrogen-bond donors (Lipinski definition) is 1. The molecule has 0 bridgehead atoms. The number of oxazole rings is 1. The Bertz CT molecular complexity index is 1770. The molecule has 10 heteroatoms. The van der Waals surface area contributed by atoms with Gasteiger partial charge in [0.05, 0.1) is 17.1 Å². The zero-order valence-corrected chi connectivity index (χ0v) is 26.8. The molecule has 228 valence electrons. The molecule has 3 fully saturated rings. The molecule has 4 aromatic rings. The molecule has 3 aliphatic rings. The van der Waals surface area contributed by atoms with Crippen molar-refractivity contribution in [1.29, 1.82) is 0 Å². The maximum absolute atomic E-state index is 13.8. The highest BCUT2D eigenvalue weighted by Gasteiger charge is 2.29. The van der Waals surface area contributed by atoms with Crippen LogP contribution in [0.4, 0.5) is 17.1 Å². The smallest absolute Gasteiger partial charge is 0.258 e. The third-order valence-electron chi connectivity index (χ3n) is 8.88. The van der Waals surface area contributed by atoms with Crippen LogP contribution in [0.1, 0.15) is 42.3 Å². The summed E-state index contributed by atoms with van der Waals surface area (Å²) >= 11 is 7.19. The van der Waals surface area contributed by atoms with E-state index < -0.39 is 0 Å². The van der Waals surface area contributed by atoms with Crippen LogP contribution < -0.4 is 20.7 Å². The highest BCUT2D eigenvalue weighted by molar-refractivity contribution is 8.23. The number of hydrogen-bond acceptors (Lipinski definition) is 8. The van der Waals surface area contributed by atoms with Gasteiger partial charge in [-0.3, -0.25) is 4.79 Å². The van der Waals surface area contributed by atoms with E-state index in [9.17, 15) is 4.79 Å². The average Bonchev–Trinajstić information content (AvgIpc) is 3.62. The minimum atomic E-state index is 0.0166. The zero-order chi connectivity index (χ0) is 30.2. The standard InChI is InChI=1S/C34H38N6O2S2/c1-23-6-3-4-7-30(23)37-14-16-38(17-15-37)31-20-26-10-13-39(11-5-12-40-18-19-44-34(40)43)33(41)27(26)21-28(31)35-24(2)29-22-42-32(36-29)25-8-9-25/h3-4,6-7,10,13,20-22,25,35H,2,5,8-9,11-12,14-19H2,1H3. The Morgan fingerprint density at radius 3 is 2.57 bits per heavy atom. The van der Waals surface area contributed by atoms with Crippen molar-refractivity contribution in [2.45, 2.75) is 38.6 Å². The molecule has 7 rings (SSSR count). The van der Waals surface area contributed by atoms with E-state index in [2.05, 4.69) is 69.9 Å². The van der Waals surface area contributed by atoms with Crippen LogP contribution in [0, 0.1) is 6.92 Å². The number of benzene rings is 2. The van der Waals surface area contributed by atoms with Gasteiger partial charge < -0.3 is 29.0 Å². The van der Waals surface area contributed by atoms with Gasteiger partial charge in [-0.15, -0.1) is 0 Å². The summed E-state index contributed by atoms with van der Waals surface area (Å²) in [6, 6.07) is 14.8. The zero-order valence-electron chi connectivity index (χ0n) is 25.1. The minimum absolute atomic E-state index is 0.0166. The van der Waals surface area contributed by atoms with E-state index >= 15 is 0 Å². The lowest BCUT2D eigenvalue weighted by atomic mass is 10.1. The molecule has 0 unspecified atom stereocenters. The normalized spacial score (nSPS) is 17.1. The fourth-order valence-corrected chi connectivity index (χ4v) is 7.48. The highest BCUT2D eigenvalue weighted by atomic mass is 32.2. The van der Waals surface area contributed by atoms with E-state index in [-0.39, 0.29) is 5.56 Å². The molecule has 2 aromatic carbocycles. The number of pyridine rings is 1. The van der Waals surface area contributed by atoms with E-state index in [0.29, 0.717) is 29.2 Å². The number of aromatic nitrogens is 2. The first-order valence-corrected chi connectivity index (χ1v) is 16.9. The van der Waals surface area contributed by atoms with Crippen molar-refractivity contribution in [3.05, 3.63) is 89.0 Å². The fourth-order valence-electron chi connectivity index (χ4n) is 6.20. The van der Waals surface area contributed by atoms with Gasteiger partial charge in [-0.05, 0) is 61.4 Å². The van der Waals surface area contributed by atoms with Crippen LogP contribution in [0.15, 0.2) is 70.7 Å². The SMILES string of the molecule is C=C(Nc1cc2c(=O)n(CCCN3CCSC3=S)ccc2cc1N1CCN(c2ccccc2C)CC1)c1coc(C2CC2)n1. The van der Waals surface area contributed by atoms with Gasteiger partial charge in [-0.1, -0.05) is 48.8 Å². The molecule has 0 radical (unpaired) electrons. The van der Waals surface area contributed by atoms with Crippen molar-refractivity contribution in [2.75, 3.05) is 60.1 Å². The topological polar surface area (TPSA) is 69.8 Å². The van der Waals surface area contributed by atoms with Crippen molar-refractivity contribution >= 4 is 61.8 Å². The number of nitrogens with zero attached hydrogens (tertiary/aromatic N) is 5. The van der Waals surface area contributed by atoms with Crippen molar-refractivity contribution in [3.8, 4) is 0 Å². The van der Waals surface area contributed by atoms with Crippen LogP contribution in [0.5, 0.6) is 0 Å². The van der Waals surface area contributed by atoms with Crippen LogP contribution in [0.2, 0.25) is 0 Å². The number of nitrogens with one attached hydrogen (secondary N) is 1. The molecule has 1 aliphatic carbocycles. The largest absolute Gasteiger partial charge is 0.448 e. The quantitative estimate of drug-likeness (QED) is 0.204. The molecule has 1 saturated carbocycles. The Hall–Kier alpha value is -3.76. The van der Waals surface area contributed by atoms with E-state index in [1.54, 1.807) is 18.0 Å². The number of anilines is 3. The number of piperazine rings is 1. The molecule has 1 N–H and O–H groups in total. The molecule has 2 saturated heterocycles. The van der Waals surface area contributed by atoms with E-state index in [1.165, 1.54) is 11.3 Å². The summed E-state index contributed by atoms with van der Waals surface area (Å²) < 4.78 is 8.54. The lowest BCUT2D eigenvalue weighted by Crippen LogP contribution is -2.47. The summed E-state index contributed by atoms with van der Waals surface area (Å²) in [7, 11) is 0. The summed E-state index contributed by atoms with van der Waals surface area (Å²) in [5, 5.41) is 5.16. The minimum Gasteiger partial charge on any atom is -0.448 e. The number of rotatable bonds is 10. The van der Waals surface area contributed by atoms with Crippen molar-refractivity contribution < 1.29 is 4.42 Å². The van der Waals surface area contributed by atoms with Gasteiger partial charge >= 0.3 is 0 Å². The highest BCUT2D eigenvalue weighted by Crippen LogP contribution is 2.40. The van der Waals surface area contributed by atoms with Gasteiger partial charge in [0.1, 0.15) is 16.3 Å². The van der Waals surface area contributed by atoms with Crippen molar-refractivity contribution in [2.24, 2.45) is 0 Å². The molecule has 8 nitrogen and oxygen atoms in total. The second-order valence-electron chi connectivity index (χ2n) is 11.9. The van der Waals surface area contributed by atoms with Gasteiger partial charge in [0, 0.05) is 74.8 Å². The molecule has 0 atom stereocenters. The number of fused-ring (bicyclic) bond motifs is 1. The first kappa shape index (κ1) is 29.0. The van der Waals surface area contributed by atoms with Crippen molar-refractivity contribution in [1.82, 2.24) is 14.5 Å². The summed E-state index contributed by atoms with van der Waals surface area (Å²) in [4.78, 5) is 25.6. The molecule has 44 heavy (non-hydrogen) atoms.